The molecule has 2 aromatic carbocycles. The predicted molar refractivity (Wildman–Crippen MR) is 139 cm³/mol. The number of fused-ring (bicyclic) bond motifs is 1. The first-order chi connectivity index (χ1) is 18.3. The van der Waals surface area contributed by atoms with Gasteiger partial charge in [0.1, 0.15) is 5.75 Å². The van der Waals surface area contributed by atoms with E-state index in [9.17, 15) is 22.0 Å². The minimum Gasteiger partial charge on any atom is -0.497 e. The summed E-state index contributed by atoms with van der Waals surface area (Å²) >= 11 is 1.38. The maximum absolute atomic E-state index is 13.8. The molecule has 0 aliphatic carbocycles. The van der Waals surface area contributed by atoms with Crippen molar-refractivity contribution in [2.75, 3.05) is 25.1 Å². The van der Waals surface area contributed by atoms with Crippen molar-refractivity contribution in [2.45, 2.75) is 24.3 Å². The Balaban J connectivity index is 1.37. The number of ether oxygens (including phenoxy) is 1. The highest BCUT2D eigenvalue weighted by Gasteiger charge is 2.35. The number of sulfonamides is 1. The summed E-state index contributed by atoms with van der Waals surface area (Å²) in [6, 6.07) is 13.5. The molecule has 0 bridgehead atoms. The number of hydrogen-bond donors (Lipinski definition) is 0. The second-order valence-electron chi connectivity index (χ2n) is 8.83. The molecule has 1 fully saturated rings. The number of carbonyl (C=O) groups excluding carboxylic acids is 1. The molecule has 12 heteroatoms. The van der Waals surface area contributed by atoms with E-state index in [0.717, 1.165) is 16.8 Å². The number of methoxy groups -OCH3 is 1. The number of aromatic nitrogens is 2. The summed E-state index contributed by atoms with van der Waals surface area (Å²) in [5, 5.41) is 0.515. The number of amides is 1. The minimum absolute atomic E-state index is 0.0756. The number of halogens is 2. The third-order valence-electron chi connectivity index (χ3n) is 6.46. The van der Waals surface area contributed by atoms with E-state index in [2.05, 4.69) is 9.97 Å². The van der Waals surface area contributed by atoms with Crippen LogP contribution in [0.15, 0.2) is 65.7 Å². The van der Waals surface area contributed by atoms with Gasteiger partial charge in [-0.25, -0.2) is 22.2 Å². The van der Waals surface area contributed by atoms with Crippen molar-refractivity contribution in [1.82, 2.24) is 14.3 Å². The highest BCUT2D eigenvalue weighted by molar-refractivity contribution is 7.89. The maximum Gasteiger partial charge on any atom is 0.243 e. The summed E-state index contributed by atoms with van der Waals surface area (Å²) in [7, 11) is -2.45. The van der Waals surface area contributed by atoms with Gasteiger partial charge in [-0.3, -0.25) is 14.7 Å². The SMILES string of the molecule is COc1ccc2sc(N(Cc3ccccn3)C(=O)C3CCN(S(=O)(=O)c4ccc(F)c(F)c4)CC3)nc2c1. The zero-order chi connectivity index (χ0) is 26.9. The van der Waals surface area contributed by atoms with Gasteiger partial charge >= 0.3 is 0 Å². The molecule has 0 radical (unpaired) electrons. The second-order valence-corrected chi connectivity index (χ2v) is 11.8. The molecule has 0 saturated carbocycles. The standard InChI is InChI=1S/C26H24F2N4O4S2/c1-36-19-5-8-24-23(14-19)30-26(37-24)32(16-18-4-2-3-11-29-18)25(33)17-9-12-31(13-10-17)38(34,35)20-6-7-21(27)22(28)15-20/h2-8,11,14-15,17H,9-10,12-13,16H2,1H3. The number of thiazole rings is 1. The summed E-state index contributed by atoms with van der Waals surface area (Å²) in [5.74, 6) is -2.31. The second kappa shape index (κ2) is 10.7. The summed E-state index contributed by atoms with van der Waals surface area (Å²) in [6.45, 7) is 0.364. The number of carbonyl (C=O) groups is 1. The largest absolute Gasteiger partial charge is 0.497 e. The van der Waals surface area contributed by atoms with Crippen LogP contribution in [-0.4, -0.2) is 48.8 Å². The van der Waals surface area contributed by atoms with Crippen LogP contribution in [0.2, 0.25) is 0 Å². The minimum atomic E-state index is -4.03. The summed E-state index contributed by atoms with van der Waals surface area (Å²) in [6.07, 6.45) is 2.21. The normalized spacial score (nSPS) is 15.0. The topological polar surface area (TPSA) is 92.7 Å². The van der Waals surface area contributed by atoms with E-state index in [0.29, 0.717) is 28.2 Å². The molecule has 8 nitrogen and oxygen atoms in total. The first-order valence-corrected chi connectivity index (χ1v) is 14.1. The van der Waals surface area contributed by atoms with Gasteiger partial charge in [-0.05, 0) is 55.3 Å². The van der Waals surface area contributed by atoms with Crippen molar-refractivity contribution in [3.05, 3.63) is 78.1 Å². The quantitative estimate of drug-likeness (QED) is 0.329. The van der Waals surface area contributed by atoms with Gasteiger partial charge in [0.25, 0.3) is 0 Å². The molecular weight excluding hydrogens is 534 g/mol. The number of piperidine rings is 1. The molecule has 0 atom stereocenters. The Labute approximate surface area is 222 Å². The molecule has 3 heterocycles. The zero-order valence-corrected chi connectivity index (χ0v) is 22.0. The van der Waals surface area contributed by atoms with Crippen LogP contribution in [0.5, 0.6) is 5.75 Å². The smallest absolute Gasteiger partial charge is 0.243 e. The molecule has 1 aliphatic heterocycles. The van der Waals surface area contributed by atoms with E-state index in [1.807, 2.05) is 24.3 Å². The van der Waals surface area contributed by atoms with Gasteiger partial charge in [0, 0.05) is 31.3 Å². The lowest BCUT2D eigenvalue weighted by atomic mass is 9.96. The van der Waals surface area contributed by atoms with E-state index >= 15 is 0 Å². The third-order valence-corrected chi connectivity index (χ3v) is 9.41. The fourth-order valence-electron chi connectivity index (χ4n) is 4.38. The van der Waals surface area contributed by atoms with Crippen LogP contribution in [0.25, 0.3) is 10.2 Å². The summed E-state index contributed by atoms with van der Waals surface area (Å²) in [5.41, 5.74) is 1.40. The molecule has 38 heavy (non-hydrogen) atoms. The number of anilines is 1. The average Bonchev–Trinajstić information content (AvgIpc) is 3.36. The number of pyridine rings is 1. The zero-order valence-electron chi connectivity index (χ0n) is 20.4. The van der Waals surface area contributed by atoms with Crippen LogP contribution in [0.1, 0.15) is 18.5 Å². The van der Waals surface area contributed by atoms with Gasteiger partial charge < -0.3 is 4.74 Å². The van der Waals surface area contributed by atoms with Crippen molar-refractivity contribution in [2.24, 2.45) is 5.92 Å². The Hall–Kier alpha value is -3.48. The molecule has 5 rings (SSSR count). The molecule has 1 amide bonds. The molecular formula is C26H24F2N4O4S2. The van der Waals surface area contributed by atoms with Crippen molar-refractivity contribution >= 4 is 42.6 Å². The molecule has 0 unspecified atom stereocenters. The number of benzene rings is 2. The Morgan fingerprint density at radius 1 is 1.11 bits per heavy atom. The van der Waals surface area contributed by atoms with Crippen molar-refractivity contribution in [3.8, 4) is 5.75 Å². The van der Waals surface area contributed by atoms with E-state index in [1.54, 1.807) is 30.3 Å². The lowest BCUT2D eigenvalue weighted by molar-refractivity contribution is -0.123. The van der Waals surface area contributed by atoms with Gasteiger partial charge in [0.15, 0.2) is 16.8 Å². The molecule has 0 N–H and O–H groups in total. The van der Waals surface area contributed by atoms with E-state index in [4.69, 9.17) is 4.74 Å². The number of rotatable bonds is 7. The first kappa shape index (κ1) is 26.1. The summed E-state index contributed by atoms with van der Waals surface area (Å²) < 4.78 is 60.3. The molecule has 198 valence electrons. The van der Waals surface area contributed by atoms with Crippen LogP contribution >= 0.6 is 11.3 Å². The molecule has 0 spiro atoms. The lowest BCUT2D eigenvalue weighted by Crippen LogP contribution is -2.44. The van der Waals surface area contributed by atoms with Gasteiger partial charge in [0.2, 0.25) is 15.9 Å². The van der Waals surface area contributed by atoms with Crippen LogP contribution in [0.3, 0.4) is 0 Å². The van der Waals surface area contributed by atoms with Crippen LogP contribution in [-0.2, 0) is 21.4 Å². The fourth-order valence-corrected chi connectivity index (χ4v) is 6.81. The van der Waals surface area contributed by atoms with Crippen molar-refractivity contribution in [3.63, 3.8) is 0 Å². The summed E-state index contributed by atoms with van der Waals surface area (Å²) in [4.78, 5) is 24.1. The monoisotopic (exact) mass is 558 g/mol. The molecule has 4 aromatic rings. The molecule has 1 saturated heterocycles. The molecule has 1 aliphatic rings. The first-order valence-electron chi connectivity index (χ1n) is 11.9. The van der Waals surface area contributed by atoms with E-state index in [1.165, 1.54) is 15.6 Å². The Morgan fingerprint density at radius 3 is 2.58 bits per heavy atom. The van der Waals surface area contributed by atoms with Gasteiger partial charge in [-0.1, -0.05) is 17.4 Å². The average molecular weight is 559 g/mol. The van der Waals surface area contributed by atoms with E-state index < -0.39 is 27.6 Å². The Morgan fingerprint density at radius 2 is 1.89 bits per heavy atom. The van der Waals surface area contributed by atoms with E-state index in [-0.39, 0.29) is 43.3 Å². The third kappa shape index (κ3) is 5.24. The van der Waals surface area contributed by atoms with Crippen LogP contribution in [0, 0.1) is 17.6 Å². The maximum atomic E-state index is 13.8. The Kier molecular flexibility index (Phi) is 7.37. The predicted octanol–water partition coefficient (Wildman–Crippen LogP) is 4.61. The van der Waals surface area contributed by atoms with Gasteiger partial charge in [-0.15, -0.1) is 0 Å². The lowest BCUT2D eigenvalue weighted by Gasteiger charge is -2.33. The Bertz CT molecular complexity index is 1570. The van der Waals surface area contributed by atoms with Gasteiger partial charge in [-0.2, -0.15) is 4.31 Å². The number of nitrogens with zero attached hydrogens (tertiary/aromatic N) is 4. The number of hydrogen-bond acceptors (Lipinski definition) is 7. The molecule has 2 aromatic heterocycles. The fraction of sp³-hybridized carbons (Fsp3) is 0.269. The van der Waals surface area contributed by atoms with Crippen molar-refractivity contribution in [1.29, 1.82) is 0 Å². The highest BCUT2D eigenvalue weighted by atomic mass is 32.2. The highest BCUT2D eigenvalue weighted by Crippen LogP contribution is 2.34. The van der Waals surface area contributed by atoms with Crippen LogP contribution in [0.4, 0.5) is 13.9 Å². The van der Waals surface area contributed by atoms with Gasteiger partial charge in [0.05, 0.1) is 34.5 Å². The van der Waals surface area contributed by atoms with Crippen molar-refractivity contribution < 1.29 is 26.7 Å². The van der Waals surface area contributed by atoms with Crippen LogP contribution < -0.4 is 9.64 Å².